The number of aliphatic carboxylic acids is 1. The Morgan fingerprint density at radius 2 is 1.36 bits per heavy atom. The number of hydrogen-bond donors (Lipinski definition) is 1. The van der Waals surface area contributed by atoms with Crippen molar-refractivity contribution in [2.24, 2.45) is 0 Å². The molecule has 7 rings (SSSR count). The summed E-state index contributed by atoms with van der Waals surface area (Å²) >= 11 is 1.67. The fraction of sp³-hybridized carbons (Fsp3) is 0.250. The van der Waals surface area contributed by atoms with Gasteiger partial charge in [0, 0.05) is 23.2 Å². The molecule has 44 heavy (non-hydrogen) atoms. The zero-order chi connectivity index (χ0) is 30.2. The van der Waals surface area contributed by atoms with Crippen molar-refractivity contribution in [2.75, 3.05) is 11.4 Å². The van der Waals surface area contributed by atoms with E-state index in [-0.39, 0.29) is 24.5 Å². The number of amides is 3. The molecule has 0 saturated carbocycles. The van der Waals surface area contributed by atoms with Gasteiger partial charge in [0.25, 0.3) is 0 Å². The lowest BCUT2D eigenvalue weighted by molar-refractivity contribution is -0.158. The first-order valence-electron chi connectivity index (χ1n) is 15.1. The van der Waals surface area contributed by atoms with Crippen molar-refractivity contribution in [2.45, 2.75) is 54.0 Å². The Morgan fingerprint density at radius 3 is 2.05 bits per heavy atom. The molecule has 0 radical (unpaired) electrons. The highest BCUT2D eigenvalue weighted by Gasteiger charge is 2.53. The summed E-state index contributed by atoms with van der Waals surface area (Å²) in [5.74, 6) is -1.08. The summed E-state index contributed by atoms with van der Waals surface area (Å²) in [5, 5.41) is 10.7. The topological polar surface area (TPSA) is 81.2 Å². The van der Waals surface area contributed by atoms with E-state index in [2.05, 4.69) is 0 Å². The van der Waals surface area contributed by atoms with Crippen LogP contribution in [-0.4, -0.2) is 57.5 Å². The van der Waals surface area contributed by atoms with E-state index >= 15 is 0 Å². The number of likely N-dealkylation sites (tertiary alicyclic amines) is 1. The number of piperazine rings is 1. The molecular formula is C36H33N3O4S. The van der Waals surface area contributed by atoms with Crippen LogP contribution in [0.25, 0.3) is 0 Å². The summed E-state index contributed by atoms with van der Waals surface area (Å²) in [6.45, 7) is 0.155. The van der Waals surface area contributed by atoms with Crippen molar-refractivity contribution in [3.05, 3.63) is 126 Å². The molecule has 3 aliphatic rings. The predicted molar refractivity (Wildman–Crippen MR) is 171 cm³/mol. The number of carbonyl (C=O) groups excluding carboxylic acids is 2. The second-order valence-corrected chi connectivity index (χ2v) is 12.6. The lowest BCUT2D eigenvalue weighted by atomic mass is 9.82. The molecule has 3 amide bonds. The molecule has 4 aromatic rings. The van der Waals surface area contributed by atoms with Crippen LogP contribution in [-0.2, 0) is 15.3 Å². The molecule has 3 aliphatic heterocycles. The van der Waals surface area contributed by atoms with Gasteiger partial charge in [0.05, 0.1) is 23.3 Å². The zero-order valence-electron chi connectivity index (χ0n) is 24.2. The maximum absolute atomic E-state index is 14.7. The van der Waals surface area contributed by atoms with Gasteiger partial charge in [-0.05, 0) is 54.2 Å². The second-order valence-electron chi connectivity index (χ2n) is 11.6. The van der Waals surface area contributed by atoms with Gasteiger partial charge >= 0.3 is 12.0 Å². The van der Waals surface area contributed by atoms with Gasteiger partial charge in [-0.25, -0.2) is 9.59 Å². The van der Waals surface area contributed by atoms with Gasteiger partial charge in [0.2, 0.25) is 5.91 Å². The Morgan fingerprint density at radius 1 is 0.750 bits per heavy atom. The zero-order valence-corrected chi connectivity index (χ0v) is 25.0. The van der Waals surface area contributed by atoms with Gasteiger partial charge in [-0.1, -0.05) is 91.0 Å². The van der Waals surface area contributed by atoms with E-state index in [9.17, 15) is 19.5 Å². The number of carboxylic acids is 1. The van der Waals surface area contributed by atoms with Crippen molar-refractivity contribution in [3.63, 3.8) is 0 Å². The van der Waals surface area contributed by atoms with E-state index in [1.54, 1.807) is 16.7 Å². The van der Waals surface area contributed by atoms with Crippen molar-refractivity contribution in [3.8, 4) is 0 Å². The Kier molecular flexibility index (Phi) is 7.60. The number of benzene rings is 4. The van der Waals surface area contributed by atoms with E-state index in [4.69, 9.17) is 0 Å². The lowest BCUT2D eigenvalue weighted by Crippen LogP contribution is -2.71. The van der Waals surface area contributed by atoms with E-state index in [0.29, 0.717) is 18.6 Å². The summed E-state index contributed by atoms with van der Waals surface area (Å²) in [4.78, 5) is 48.5. The molecule has 2 bridgehead atoms. The number of thioether (sulfide) groups is 1. The smallest absolute Gasteiger partial charge is 0.330 e. The number of rotatable bonds is 4. The minimum absolute atomic E-state index is 0.114. The first kappa shape index (κ1) is 28.2. The predicted octanol–water partition coefficient (Wildman–Crippen LogP) is 6.90. The molecule has 3 atom stereocenters. The minimum atomic E-state index is -1.18. The average Bonchev–Trinajstić information content (AvgIpc) is 3.22. The number of piperidine rings is 1. The molecule has 7 nitrogen and oxygen atoms in total. The number of nitrogens with zero attached hydrogens (tertiary/aromatic N) is 3. The molecule has 222 valence electrons. The summed E-state index contributed by atoms with van der Waals surface area (Å²) in [5.41, 5.74) is 4.24. The van der Waals surface area contributed by atoms with E-state index in [1.807, 2.05) is 114 Å². The molecule has 8 heteroatoms. The number of urea groups is 1. The number of fused-ring (bicyclic) bond motifs is 4. The lowest BCUT2D eigenvalue weighted by Gasteiger charge is -2.54. The van der Waals surface area contributed by atoms with Gasteiger partial charge in [0.1, 0.15) is 0 Å². The van der Waals surface area contributed by atoms with E-state index in [1.165, 1.54) is 4.90 Å². The SMILES string of the molecule is O=C(O)[C@@H]1[C@H]2CCC[C@@H](CN1C(=O)N1c3ccccc3CSc3ccccc31)N2C(=O)C(c1ccccc1)c1ccccc1. The van der Waals surface area contributed by atoms with Gasteiger partial charge in [-0.15, -0.1) is 11.8 Å². The van der Waals surface area contributed by atoms with Crippen LogP contribution in [0, 0.1) is 0 Å². The van der Waals surface area contributed by atoms with Crippen LogP contribution in [0.5, 0.6) is 0 Å². The maximum Gasteiger partial charge on any atom is 0.330 e. The van der Waals surface area contributed by atoms with Crippen LogP contribution < -0.4 is 4.90 Å². The Bertz CT molecular complexity index is 1610. The Hall–Kier alpha value is -4.56. The Balaban J connectivity index is 1.28. The summed E-state index contributed by atoms with van der Waals surface area (Å²) in [7, 11) is 0. The van der Waals surface area contributed by atoms with Crippen LogP contribution in [0.2, 0.25) is 0 Å². The minimum Gasteiger partial charge on any atom is -0.480 e. The van der Waals surface area contributed by atoms with Crippen molar-refractivity contribution < 1.29 is 19.5 Å². The van der Waals surface area contributed by atoms with Crippen LogP contribution in [0.15, 0.2) is 114 Å². The van der Waals surface area contributed by atoms with Crippen molar-refractivity contribution in [1.29, 1.82) is 0 Å². The van der Waals surface area contributed by atoms with Gasteiger partial charge in [-0.2, -0.15) is 0 Å². The highest BCUT2D eigenvalue weighted by molar-refractivity contribution is 7.98. The molecule has 0 spiro atoms. The fourth-order valence-electron chi connectivity index (χ4n) is 7.14. The first-order valence-corrected chi connectivity index (χ1v) is 16.1. The first-order chi connectivity index (χ1) is 21.5. The van der Waals surface area contributed by atoms with Gasteiger partial charge in [-0.3, -0.25) is 9.69 Å². The average molecular weight is 604 g/mol. The third-order valence-electron chi connectivity index (χ3n) is 9.07. The molecular weight excluding hydrogens is 570 g/mol. The second kappa shape index (κ2) is 11.8. The molecule has 3 heterocycles. The van der Waals surface area contributed by atoms with E-state index < -0.39 is 24.0 Å². The monoisotopic (exact) mass is 603 g/mol. The highest BCUT2D eigenvalue weighted by Crippen LogP contribution is 2.44. The Labute approximate surface area is 261 Å². The molecule has 0 unspecified atom stereocenters. The highest BCUT2D eigenvalue weighted by atomic mass is 32.2. The number of hydrogen-bond acceptors (Lipinski definition) is 4. The summed E-state index contributed by atoms with van der Waals surface area (Å²) in [6, 6.07) is 32.5. The normalized spacial score (nSPS) is 20.8. The third kappa shape index (κ3) is 4.93. The number of para-hydroxylation sites is 2. The fourth-order valence-corrected chi connectivity index (χ4v) is 8.18. The van der Waals surface area contributed by atoms with E-state index in [0.717, 1.165) is 39.4 Å². The molecule has 2 saturated heterocycles. The molecule has 4 aromatic carbocycles. The van der Waals surface area contributed by atoms with Crippen LogP contribution in [0.3, 0.4) is 0 Å². The van der Waals surface area contributed by atoms with Crippen LogP contribution in [0.1, 0.15) is 41.9 Å². The molecule has 0 aromatic heterocycles. The number of carboxylic acid groups (broad SMARTS) is 1. The standard InChI is InChI=1S/C36H33N3O4S/c40-34(32(24-12-3-1-4-13-24)25-14-5-2-6-15-25)38-27-17-11-20-30(38)33(35(41)42)37(22-27)36(43)39-28-18-8-7-16-26(28)23-44-31-21-10-9-19-29(31)39/h1-10,12-16,18-19,21,27,30,32-33H,11,17,20,22-23H2,(H,41,42)/t27-,30+,33-/m0/s1. The molecule has 2 fully saturated rings. The quantitative estimate of drug-likeness (QED) is 0.275. The third-order valence-corrected chi connectivity index (χ3v) is 10.2. The van der Waals surface area contributed by atoms with Crippen molar-refractivity contribution >= 4 is 41.0 Å². The van der Waals surface area contributed by atoms with Crippen LogP contribution in [0.4, 0.5) is 16.2 Å². The summed E-state index contributed by atoms with van der Waals surface area (Å²) < 4.78 is 0. The summed E-state index contributed by atoms with van der Waals surface area (Å²) in [6.07, 6.45) is 2.03. The van der Waals surface area contributed by atoms with Crippen LogP contribution >= 0.6 is 11.8 Å². The number of anilines is 2. The maximum atomic E-state index is 14.7. The van der Waals surface area contributed by atoms with Gasteiger partial charge < -0.3 is 14.9 Å². The molecule has 1 N–H and O–H groups in total. The largest absolute Gasteiger partial charge is 0.480 e. The molecule has 0 aliphatic carbocycles. The number of carbonyl (C=O) groups is 3. The van der Waals surface area contributed by atoms with Crippen molar-refractivity contribution in [1.82, 2.24) is 9.80 Å². The van der Waals surface area contributed by atoms with Gasteiger partial charge in [0.15, 0.2) is 6.04 Å².